The Hall–Kier alpha value is -11.5. The molecule has 17 heteroatoms. The zero-order valence-corrected chi connectivity index (χ0v) is 74.1. The number of hydrogen-bond donors (Lipinski definition) is 0. The lowest BCUT2D eigenvalue weighted by atomic mass is 9.52. The highest BCUT2D eigenvalue weighted by molar-refractivity contribution is 7.98. The van der Waals surface area contributed by atoms with Gasteiger partial charge in [0.25, 0.3) is 0 Å². The van der Waals surface area contributed by atoms with Gasteiger partial charge in [0.2, 0.25) is 0 Å². The molecule has 12 aromatic rings. The van der Waals surface area contributed by atoms with E-state index >= 15 is 0 Å². The fourth-order valence-corrected chi connectivity index (χ4v) is 25.5. The van der Waals surface area contributed by atoms with Crippen molar-refractivity contribution in [3.05, 3.63) is 352 Å². The van der Waals surface area contributed by atoms with E-state index in [-0.39, 0.29) is 84.8 Å². The average Bonchev–Trinajstić information content (AvgIpc) is 0.883. The first-order chi connectivity index (χ1) is 61.4. The first-order valence-electron chi connectivity index (χ1n) is 43.6. The van der Waals surface area contributed by atoms with Gasteiger partial charge in [-0.15, -0.1) is 0 Å². The van der Waals surface area contributed by atoms with Gasteiger partial charge in [0.1, 0.15) is 62.6 Å². The highest BCUT2D eigenvalue weighted by atomic mass is 32.2. The topological polar surface area (TPSA) is 159 Å². The summed E-state index contributed by atoms with van der Waals surface area (Å²) in [5, 5.41) is 0. The summed E-state index contributed by atoms with van der Waals surface area (Å²) in [6.07, 6.45) is 16.0. The third-order valence-corrected chi connectivity index (χ3v) is 31.8. The number of hydrogen-bond acceptors (Lipinski definition) is 13. The number of carbonyl (C=O) groups excluding carboxylic acids is 5. The van der Waals surface area contributed by atoms with E-state index < -0.39 is 18.5 Å². The minimum absolute atomic E-state index is 0.0208. The Balaban J connectivity index is 0.000000136. The van der Waals surface area contributed by atoms with Crippen LogP contribution in [0.25, 0.3) is 0 Å². The summed E-state index contributed by atoms with van der Waals surface area (Å²) in [4.78, 5) is 75.2. The molecule has 0 spiro atoms. The number of carbonyl (C=O) groups is 5. The van der Waals surface area contributed by atoms with Gasteiger partial charge in [-0.2, -0.15) is 0 Å². The van der Waals surface area contributed by atoms with E-state index in [4.69, 9.17) is 37.9 Å². The van der Waals surface area contributed by atoms with E-state index in [0.717, 1.165) is 85.3 Å². The van der Waals surface area contributed by atoms with Crippen molar-refractivity contribution in [2.45, 2.75) is 156 Å². The van der Waals surface area contributed by atoms with Crippen LogP contribution < -0.4 is 18.9 Å². The van der Waals surface area contributed by atoms with Gasteiger partial charge in [0.15, 0.2) is 65.4 Å². The van der Waals surface area contributed by atoms with Gasteiger partial charge < -0.3 is 37.9 Å². The molecule has 0 unspecified atom stereocenters. The summed E-state index contributed by atoms with van der Waals surface area (Å²) in [5.41, 5.74) is 0.232. The molecule has 0 aromatic heterocycles. The largest absolute Gasteiger partial charge is 0.490 e. The Morgan fingerprint density at radius 2 is 0.520 bits per heavy atom. The van der Waals surface area contributed by atoms with Gasteiger partial charge in [0, 0.05) is 5.57 Å². The predicted octanol–water partition coefficient (Wildman–Crippen LogP) is 23.8. The Morgan fingerprint density at radius 3 is 0.784 bits per heavy atom. The maximum atomic E-state index is 12.9. The Morgan fingerprint density at radius 1 is 0.280 bits per heavy atom. The van der Waals surface area contributed by atoms with E-state index in [1.807, 2.05) is 109 Å². The SMILES string of the molecule is C=C(C)C(=O)OCC(=O)Oc1ccc([S+](c2ccccc2)c2ccccc2)cc1.O=C(OCCOc1ccc([S+](c2ccccc2)c2ccccc2)cc1)C1C2CC3CC(C2)CC1C3.O=C(OCCOc1ccc([S+](c2ccccc2)c2ccccc2)cc1)C1CCCC1.O=C(OCCOc1ccc([S+](c2ccccc2)c2ccccc2)cc1)C1CCCCC1. The van der Waals surface area contributed by atoms with Gasteiger partial charge in [0.05, 0.1) is 61.3 Å². The minimum atomic E-state index is -0.641. The second-order valence-corrected chi connectivity index (χ2v) is 39.9. The van der Waals surface area contributed by atoms with Crippen LogP contribution >= 0.6 is 0 Å². The van der Waals surface area contributed by atoms with Crippen LogP contribution in [0.5, 0.6) is 23.0 Å². The molecule has 13 nitrogen and oxygen atoms in total. The van der Waals surface area contributed by atoms with Gasteiger partial charge >= 0.3 is 29.8 Å². The summed E-state index contributed by atoms with van der Waals surface area (Å²) in [7, 11) is -0.764. The van der Waals surface area contributed by atoms with Crippen LogP contribution in [0.4, 0.5) is 0 Å². The van der Waals surface area contributed by atoms with Crippen LogP contribution in [0.15, 0.2) is 411 Å². The number of ether oxygens (including phenoxy) is 8. The molecule has 0 radical (unpaired) electrons. The zero-order valence-electron chi connectivity index (χ0n) is 70.9. The van der Waals surface area contributed by atoms with Crippen LogP contribution in [-0.4, -0.2) is 76.1 Å². The Kier molecular flexibility index (Phi) is 33.8. The number of esters is 5. The van der Waals surface area contributed by atoms with Crippen LogP contribution in [-0.2, 0) is 86.5 Å². The molecule has 6 aliphatic carbocycles. The Labute approximate surface area is 748 Å². The molecule has 640 valence electrons. The molecule has 125 heavy (non-hydrogen) atoms. The van der Waals surface area contributed by atoms with E-state index in [1.54, 1.807) is 12.1 Å². The standard InChI is InChI=1S/C31H33O3S.C27H29O3S.C26H27O3S.C24H21O4S/c32-31(30-24-18-22-17-23(20-24)21-25(30)19-22)34-16-15-33-26-11-13-29(14-12-26)35(27-7-3-1-4-8-27)28-9-5-2-6-10-28;28-27(22-10-4-1-5-11-22)30-21-20-29-23-16-18-26(19-17-23)31(24-12-6-2-7-13-24)25-14-8-3-9-15-25;27-26(21-9-7-8-10-21)29-20-19-28-22-15-17-25(18-16-22)30(23-11-3-1-4-12-23)24-13-5-2-6-14-24;1-18(2)24(26)27-17-23(25)28-19-13-15-22(16-14-19)29(20-9-5-3-6-10-20)21-11-7-4-8-12-21/h1-14,22-25,30H,15-21H2;2-3,6-9,12-19,22H,1,4-5,10-11,20-21H2;1-6,11-18,21H,7-10,19-20H2;3-16H,1,17H2,2H3/q4*+1. The highest BCUT2D eigenvalue weighted by Gasteiger charge is 2.51. The van der Waals surface area contributed by atoms with Crippen LogP contribution in [0, 0.1) is 41.4 Å². The van der Waals surface area contributed by atoms with E-state index in [9.17, 15) is 24.0 Å². The van der Waals surface area contributed by atoms with Crippen molar-refractivity contribution in [2.75, 3.05) is 46.2 Å². The summed E-state index contributed by atoms with van der Waals surface area (Å²) >= 11 is 0. The van der Waals surface area contributed by atoms with E-state index in [0.29, 0.717) is 57.2 Å². The van der Waals surface area contributed by atoms with Gasteiger partial charge in [-0.25, -0.2) is 9.59 Å². The molecular weight excluding hydrogens is 1630 g/mol. The molecule has 0 aliphatic heterocycles. The molecule has 12 aromatic carbocycles. The summed E-state index contributed by atoms with van der Waals surface area (Å²) in [5.74, 6) is 4.61. The Bertz CT molecular complexity index is 5120. The van der Waals surface area contributed by atoms with Gasteiger partial charge in [-0.05, 0) is 283 Å². The van der Waals surface area contributed by atoms with Crippen LogP contribution in [0.2, 0.25) is 0 Å². The summed E-state index contributed by atoms with van der Waals surface area (Å²) < 4.78 is 44.1. The maximum Gasteiger partial charge on any atom is 0.349 e. The highest BCUT2D eigenvalue weighted by Crippen LogP contribution is 2.57. The first-order valence-corrected chi connectivity index (χ1v) is 48.5. The van der Waals surface area contributed by atoms with Crippen molar-refractivity contribution in [3.63, 3.8) is 0 Å². The number of rotatable bonds is 31. The van der Waals surface area contributed by atoms with Crippen molar-refractivity contribution in [2.24, 2.45) is 41.4 Å². The predicted molar refractivity (Wildman–Crippen MR) is 496 cm³/mol. The van der Waals surface area contributed by atoms with Crippen LogP contribution in [0.1, 0.15) is 96.8 Å². The second-order valence-electron chi connectivity index (χ2n) is 31.8. The van der Waals surface area contributed by atoms with Crippen molar-refractivity contribution in [1.82, 2.24) is 0 Å². The molecular formula is C108H110O13S4+4. The lowest BCUT2D eigenvalue weighted by Crippen LogP contribution is -2.48. The molecule has 4 bridgehead atoms. The minimum Gasteiger partial charge on any atom is -0.490 e. The van der Waals surface area contributed by atoms with E-state index in [1.165, 1.54) is 99.3 Å². The third-order valence-electron chi connectivity index (χ3n) is 22.9. The molecule has 6 fully saturated rings. The molecule has 0 N–H and O–H groups in total. The molecule has 0 saturated heterocycles. The zero-order chi connectivity index (χ0) is 86.2. The fraction of sp³-hybridized carbons (Fsp3) is 0.269. The molecule has 6 saturated carbocycles. The lowest BCUT2D eigenvalue weighted by Gasteiger charge is -2.53. The van der Waals surface area contributed by atoms with Crippen molar-refractivity contribution >= 4 is 73.4 Å². The monoisotopic (exact) mass is 1740 g/mol. The molecule has 0 atom stereocenters. The summed E-state index contributed by atoms with van der Waals surface area (Å²) in [6.45, 7) is 6.60. The third kappa shape index (κ3) is 26.1. The normalized spacial score (nSPS) is 16.8. The van der Waals surface area contributed by atoms with Gasteiger partial charge in [-0.3, -0.25) is 14.4 Å². The van der Waals surface area contributed by atoms with E-state index in [2.05, 4.69) is 225 Å². The van der Waals surface area contributed by atoms with Crippen LogP contribution in [0.3, 0.4) is 0 Å². The van der Waals surface area contributed by atoms with Crippen molar-refractivity contribution < 1.29 is 61.9 Å². The smallest absolute Gasteiger partial charge is 0.349 e. The molecule has 6 aliphatic rings. The quantitative estimate of drug-likeness (QED) is 0.0101. The summed E-state index contributed by atoms with van der Waals surface area (Å²) in [6, 6.07) is 116. The van der Waals surface area contributed by atoms with Crippen molar-refractivity contribution in [3.8, 4) is 23.0 Å². The first kappa shape index (κ1) is 89.8. The number of benzene rings is 12. The maximum absolute atomic E-state index is 12.9. The fourth-order valence-electron chi connectivity index (χ4n) is 17.2. The van der Waals surface area contributed by atoms with Gasteiger partial charge in [-0.1, -0.05) is 184 Å². The van der Waals surface area contributed by atoms with Crippen molar-refractivity contribution in [1.29, 1.82) is 0 Å². The lowest BCUT2D eigenvalue weighted by molar-refractivity contribution is -0.163. The molecule has 0 heterocycles. The molecule has 18 rings (SSSR count). The molecule has 0 amide bonds. The second kappa shape index (κ2) is 47.0. The average molecular weight is 1740 g/mol.